The fourth-order valence-electron chi connectivity index (χ4n) is 2.89. The number of hydrogen-bond donors (Lipinski definition) is 0. The highest BCUT2D eigenvalue weighted by Gasteiger charge is 2.26. The Morgan fingerprint density at radius 1 is 1.00 bits per heavy atom. The van der Waals surface area contributed by atoms with Crippen molar-refractivity contribution in [1.29, 1.82) is 0 Å². The Balaban J connectivity index is 2.26. The van der Waals surface area contributed by atoms with Crippen molar-refractivity contribution in [2.75, 3.05) is 6.61 Å². The molecule has 0 aromatic heterocycles. The Morgan fingerprint density at radius 2 is 1.63 bits per heavy atom. The molecule has 0 aliphatic rings. The van der Waals surface area contributed by atoms with E-state index in [1.54, 1.807) is 6.92 Å². The van der Waals surface area contributed by atoms with E-state index < -0.39 is 12.1 Å². The van der Waals surface area contributed by atoms with Gasteiger partial charge in [0.2, 0.25) is 0 Å². The molecule has 4 nitrogen and oxygen atoms in total. The second-order valence-electron chi connectivity index (χ2n) is 6.28. The lowest BCUT2D eigenvalue weighted by atomic mass is 9.91. The quantitative estimate of drug-likeness (QED) is 0.616. The van der Waals surface area contributed by atoms with E-state index in [2.05, 4.69) is 0 Å². The molecule has 0 bridgehead atoms. The van der Waals surface area contributed by atoms with Gasteiger partial charge in [0.05, 0.1) is 13.0 Å². The zero-order chi connectivity index (χ0) is 19.5. The number of carbonyl (C=O) groups excluding carboxylic acids is 2. The van der Waals surface area contributed by atoms with Crippen LogP contribution < -0.4 is 0 Å². The van der Waals surface area contributed by atoms with Gasteiger partial charge in [0.1, 0.15) is 6.10 Å². The highest BCUT2D eigenvalue weighted by Crippen LogP contribution is 2.22. The molecule has 0 aliphatic heterocycles. The largest absolute Gasteiger partial charge is 0.466 e. The van der Waals surface area contributed by atoms with Gasteiger partial charge < -0.3 is 9.47 Å². The van der Waals surface area contributed by atoms with Crippen molar-refractivity contribution in [3.8, 4) is 0 Å². The molecule has 0 N–H and O–H groups in total. The summed E-state index contributed by atoms with van der Waals surface area (Å²) in [6, 6.07) is 19.9. The highest BCUT2D eigenvalue weighted by molar-refractivity contribution is 5.71. The van der Waals surface area contributed by atoms with Crippen LogP contribution >= 0.6 is 0 Å². The summed E-state index contributed by atoms with van der Waals surface area (Å²) < 4.78 is 10.6. The fraction of sp³-hybridized carbons (Fsp3) is 0.304. The van der Waals surface area contributed by atoms with Gasteiger partial charge in [0, 0.05) is 12.8 Å². The van der Waals surface area contributed by atoms with Gasteiger partial charge in [0.25, 0.3) is 0 Å². The summed E-state index contributed by atoms with van der Waals surface area (Å²) in [5, 5.41) is 0. The first-order valence-corrected chi connectivity index (χ1v) is 9.18. The van der Waals surface area contributed by atoms with Gasteiger partial charge in [-0.3, -0.25) is 9.59 Å². The van der Waals surface area contributed by atoms with Crippen molar-refractivity contribution in [3.63, 3.8) is 0 Å². The van der Waals surface area contributed by atoms with Crippen LogP contribution in [0, 0.1) is 5.92 Å². The van der Waals surface area contributed by atoms with Crippen molar-refractivity contribution in [3.05, 3.63) is 77.9 Å². The summed E-state index contributed by atoms with van der Waals surface area (Å²) in [6.45, 7) is 3.42. The van der Waals surface area contributed by atoms with Crippen molar-refractivity contribution < 1.29 is 19.1 Å². The molecular weight excluding hydrogens is 340 g/mol. The number of rotatable bonds is 9. The van der Waals surface area contributed by atoms with E-state index in [4.69, 9.17) is 9.47 Å². The number of benzene rings is 2. The third-order valence-corrected chi connectivity index (χ3v) is 4.12. The van der Waals surface area contributed by atoms with Crippen molar-refractivity contribution in [1.82, 2.24) is 0 Å². The summed E-state index contributed by atoms with van der Waals surface area (Å²) >= 11 is 0. The maximum Gasteiger partial charge on any atom is 0.309 e. The minimum Gasteiger partial charge on any atom is -0.466 e. The van der Waals surface area contributed by atoms with Crippen LogP contribution in [0.2, 0.25) is 0 Å². The van der Waals surface area contributed by atoms with Crippen molar-refractivity contribution in [2.24, 2.45) is 5.92 Å². The zero-order valence-electron chi connectivity index (χ0n) is 15.8. The zero-order valence-corrected chi connectivity index (χ0v) is 15.8. The van der Waals surface area contributed by atoms with Crippen LogP contribution in [0.1, 0.15) is 31.4 Å². The van der Waals surface area contributed by atoms with Gasteiger partial charge in [-0.05, 0) is 24.5 Å². The molecule has 0 aliphatic carbocycles. The Kier molecular flexibility index (Phi) is 8.30. The third kappa shape index (κ3) is 7.48. The van der Waals surface area contributed by atoms with E-state index in [0.717, 1.165) is 11.1 Å². The average Bonchev–Trinajstić information content (AvgIpc) is 2.66. The molecule has 142 valence electrons. The van der Waals surface area contributed by atoms with Gasteiger partial charge in [-0.15, -0.1) is 0 Å². The molecule has 2 aromatic rings. The molecule has 0 heterocycles. The first-order chi connectivity index (χ1) is 13.1. The summed E-state index contributed by atoms with van der Waals surface area (Å²) in [5.41, 5.74) is 2.16. The van der Waals surface area contributed by atoms with E-state index in [0.29, 0.717) is 13.0 Å². The van der Waals surface area contributed by atoms with Crippen LogP contribution in [0.15, 0.2) is 66.7 Å². The van der Waals surface area contributed by atoms with Gasteiger partial charge in [-0.2, -0.15) is 0 Å². The molecule has 0 saturated heterocycles. The standard InChI is InChI=1S/C23H26O4/c1-3-26-23(25)17-22(27-18(2)24)21(16-20-12-8-5-9-13-20)15-14-19-10-6-4-7-11-19/h4-15,21-22H,3,16-17H2,1-2H3/b15-14+/t21-,22-/m0/s1. The second-order valence-corrected chi connectivity index (χ2v) is 6.28. The predicted molar refractivity (Wildman–Crippen MR) is 106 cm³/mol. The summed E-state index contributed by atoms with van der Waals surface area (Å²) in [7, 11) is 0. The Morgan fingerprint density at radius 3 is 2.22 bits per heavy atom. The lowest BCUT2D eigenvalue weighted by Gasteiger charge is -2.24. The Bertz CT molecular complexity index is 737. The lowest BCUT2D eigenvalue weighted by Crippen LogP contribution is -2.30. The molecule has 0 radical (unpaired) electrons. The number of carbonyl (C=O) groups is 2. The van der Waals surface area contributed by atoms with Gasteiger partial charge >= 0.3 is 11.9 Å². The van der Waals surface area contributed by atoms with Gasteiger partial charge in [0.15, 0.2) is 0 Å². The predicted octanol–water partition coefficient (Wildman–Crippen LogP) is 4.44. The maximum atomic E-state index is 12.0. The molecular formula is C23H26O4. The van der Waals surface area contributed by atoms with Crippen LogP contribution in [0.25, 0.3) is 6.08 Å². The monoisotopic (exact) mass is 366 g/mol. The lowest BCUT2D eigenvalue weighted by molar-refractivity contribution is -0.155. The van der Waals surface area contributed by atoms with Gasteiger partial charge in [-0.1, -0.05) is 72.8 Å². The van der Waals surface area contributed by atoms with Crippen LogP contribution in [-0.2, 0) is 25.5 Å². The number of hydrogen-bond acceptors (Lipinski definition) is 4. The van der Waals surface area contributed by atoms with E-state index in [1.807, 2.05) is 72.8 Å². The molecule has 0 saturated carbocycles. The molecule has 2 atom stereocenters. The molecule has 0 unspecified atom stereocenters. The molecule has 0 spiro atoms. The Labute approximate surface area is 160 Å². The van der Waals surface area contributed by atoms with Crippen LogP contribution in [0.3, 0.4) is 0 Å². The number of esters is 2. The van der Waals surface area contributed by atoms with E-state index in [1.165, 1.54) is 6.92 Å². The van der Waals surface area contributed by atoms with E-state index >= 15 is 0 Å². The first-order valence-electron chi connectivity index (χ1n) is 9.18. The fourth-order valence-corrected chi connectivity index (χ4v) is 2.89. The van der Waals surface area contributed by atoms with Crippen molar-refractivity contribution >= 4 is 18.0 Å². The SMILES string of the molecule is CCOC(=O)C[C@H](OC(C)=O)[C@@H](/C=C/c1ccccc1)Cc1ccccc1. The molecule has 27 heavy (non-hydrogen) atoms. The van der Waals surface area contributed by atoms with Crippen molar-refractivity contribution in [2.45, 2.75) is 32.8 Å². The first kappa shape index (κ1) is 20.4. The number of ether oxygens (including phenoxy) is 2. The normalized spacial score (nSPS) is 13.1. The second kappa shape index (κ2) is 11.0. The van der Waals surface area contributed by atoms with Gasteiger partial charge in [-0.25, -0.2) is 0 Å². The van der Waals surface area contributed by atoms with E-state index in [9.17, 15) is 9.59 Å². The summed E-state index contributed by atoms with van der Waals surface area (Å²) in [5.74, 6) is -0.925. The average molecular weight is 366 g/mol. The maximum absolute atomic E-state index is 12.0. The smallest absolute Gasteiger partial charge is 0.309 e. The van der Waals surface area contributed by atoms with Crippen LogP contribution in [0.4, 0.5) is 0 Å². The van der Waals surface area contributed by atoms with E-state index in [-0.39, 0.29) is 18.3 Å². The Hall–Kier alpha value is -2.88. The summed E-state index contributed by atoms with van der Waals surface area (Å²) in [6.07, 6.45) is 4.11. The molecule has 4 heteroatoms. The molecule has 2 rings (SSSR count). The third-order valence-electron chi connectivity index (χ3n) is 4.12. The minimum atomic E-state index is -0.582. The highest BCUT2D eigenvalue weighted by atomic mass is 16.6. The van der Waals surface area contributed by atoms with Crippen LogP contribution in [-0.4, -0.2) is 24.6 Å². The molecule has 0 amide bonds. The van der Waals surface area contributed by atoms with Crippen LogP contribution in [0.5, 0.6) is 0 Å². The molecule has 0 fully saturated rings. The minimum absolute atomic E-state index is 0.0318. The summed E-state index contributed by atoms with van der Waals surface area (Å²) in [4.78, 5) is 23.7. The topological polar surface area (TPSA) is 52.6 Å². The molecule has 2 aromatic carbocycles.